The van der Waals surface area contributed by atoms with Crippen molar-refractivity contribution in [3.8, 4) is 0 Å². The molecule has 0 saturated carbocycles. The second-order valence-electron chi connectivity index (χ2n) is 4.92. The molecule has 1 N–H and O–H groups in total. The highest BCUT2D eigenvalue weighted by Crippen LogP contribution is 2.28. The Kier molecular flexibility index (Phi) is 4.53. The molecule has 0 fully saturated rings. The second kappa shape index (κ2) is 6.56. The van der Waals surface area contributed by atoms with Crippen LogP contribution in [0.25, 0.3) is 5.52 Å². The Morgan fingerprint density at radius 1 is 1.38 bits per heavy atom. The molecule has 0 aromatic carbocycles. The summed E-state index contributed by atoms with van der Waals surface area (Å²) in [6.45, 7) is 3.14. The number of thiophene rings is 1. The molecular weight excluding hydrogens is 304 g/mol. The Balaban J connectivity index is 1.91. The van der Waals surface area contributed by atoms with Gasteiger partial charge in [0, 0.05) is 35.3 Å². The molecule has 0 aliphatic carbocycles. The van der Waals surface area contributed by atoms with Crippen LogP contribution in [0.15, 0.2) is 36.9 Å². The zero-order chi connectivity index (χ0) is 14.7. The number of halogens is 1. The summed E-state index contributed by atoms with van der Waals surface area (Å²) in [5, 5.41) is 8.01. The van der Waals surface area contributed by atoms with Gasteiger partial charge in [-0.25, -0.2) is 4.52 Å². The number of rotatable bonds is 6. The topological polar surface area (TPSA) is 42.2 Å². The van der Waals surface area contributed by atoms with E-state index in [0.29, 0.717) is 0 Å². The van der Waals surface area contributed by atoms with Crippen LogP contribution in [0.4, 0.5) is 0 Å². The van der Waals surface area contributed by atoms with Crippen molar-refractivity contribution >= 4 is 28.5 Å². The number of nitrogens with one attached hydrogen (secondary N) is 1. The lowest BCUT2D eigenvalue weighted by molar-refractivity contribution is 0.535. The molecule has 1 unspecified atom stereocenters. The largest absolute Gasteiger partial charge is 0.310 e. The average molecular weight is 321 g/mol. The summed E-state index contributed by atoms with van der Waals surface area (Å²) in [7, 11) is 0. The van der Waals surface area contributed by atoms with Crippen molar-refractivity contribution in [2.45, 2.75) is 25.8 Å². The van der Waals surface area contributed by atoms with Gasteiger partial charge in [-0.2, -0.15) is 5.10 Å². The van der Waals surface area contributed by atoms with Crippen molar-refractivity contribution in [3.63, 3.8) is 0 Å². The van der Waals surface area contributed by atoms with Gasteiger partial charge in [-0.15, -0.1) is 11.3 Å². The molecule has 3 aromatic rings. The van der Waals surface area contributed by atoms with Crippen molar-refractivity contribution in [1.29, 1.82) is 0 Å². The van der Waals surface area contributed by atoms with Crippen LogP contribution in [0.2, 0.25) is 4.34 Å². The van der Waals surface area contributed by atoms with Gasteiger partial charge in [-0.3, -0.25) is 4.98 Å². The number of hydrogen-bond donors (Lipinski definition) is 1. The summed E-state index contributed by atoms with van der Waals surface area (Å²) >= 11 is 7.67. The molecule has 0 spiro atoms. The number of fused-ring (bicyclic) bond motifs is 1. The summed E-state index contributed by atoms with van der Waals surface area (Å²) in [6, 6.07) is 4.27. The summed E-state index contributed by atoms with van der Waals surface area (Å²) < 4.78 is 2.70. The lowest BCUT2D eigenvalue weighted by Crippen LogP contribution is -2.23. The Morgan fingerprint density at radius 2 is 2.29 bits per heavy atom. The average Bonchev–Trinajstić information content (AvgIpc) is 3.09. The molecule has 0 saturated heterocycles. The van der Waals surface area contributed by atoms with Crippen LogP contribution in [-0.2, 0) is 6.42 Å². The van der Waals surface area contributed by atoms with E-state index in [4.69, 9.17) is 11.6 Å². The van der Waals surface area contributed by atoms with Gasteiger partial charge >= 0.3 is 0 Å². The Bertz CT molecular complexity index is 721. The quantitative estimate of drug-likeness (QED) is 0.752. The molecule has 0 radical (unpaired) electrons. The first-order chi connectivity index (χ1) is 10.3. The van der Waals surface area contributed by atoms with Crippen LogP contribution in [0, 0.1) is 0 Å². The van der Waals surface area contributed by atoms with E-state index in [1.165, 1.54) is 10.4 Å². The van der Waals surface area contributed by atoms with Crippen molar-refractivity contribution < 1.29 is 0 Å². The standard InChI is InChI=1S/C15H17ClN4S/c1-2-5-18-13(8-11-3-4-15(16)21-11)12-9-19-20-7-6-17-10-14(12)20/h3-4,6-7,9-10,13,18H,2,5,8H2,1H3. The first kappa shape index (κ1) is 14.5. The monoisotopic (exact) mass is 320 g/mol. The molecule has 3 aromatic heterocycles. The highest BCUT2D eigenvalue weighted by molar-refractivity contribution is 7.16. The molecule has 6 heteroatoms. The minimum absolute atomic E-state index is 0.223. The minimum atomic E-state index is 0.223. The van der Waals surface area contributed by atoms with Gasteiger partial charge in [0.15, 0.2) is 0 Å². The molecule has 0 amide bonds. The van der Waals surface area contributed by atoms with Crippen molar-refractivity contribution in [1.82, 2.24) is 19.9 Å². The predicted octanol–water partition coefficient (Wildman–Crippen LogP) is 3.73. The molecule has 110 valence electrons. The Hall–Kier alpha value is -1.43. The van der Waals surface area contributed by atoms with Crippen molar-refractivity contribution in [3.05, 3.63) is 51.7 Å². The van der Waals surface area contributed by atoms with Gasteiger partial charge in [0.2, 0.25) is 0 Å². The van der Waals surface area contributed by atoms with Gasteiger partial charge in [-0.1, -0.05) is 18.5 Å². The normalized spacial score (nSPS) is 12.9. The third-order valence-corrected chi connectivity index (χ3v) is 4.66. The maximum atomic E-state index is 6.04. The van der Waals surface area contributed by atoms with Crippen LogP contribution in [0.1, 0.15) is 29.8 Å². The van der Waals surface area contributed by atoms with Crippen molar-refractivity contribution in [2.75, 3.05) is 6.54 Å². The fourth-order valence-corrected chi connectivity index (χ4v) is 3.53. The molecule has 21 heavy (non-hydrogen) atoms. The van der Waals surface area contributed by atoms with E-state index in [1.807, 2.05) is 29.2 Å². The van der Waals surface area contributed by atoms with E-state index in [-0.39, 0.29) is 6.04 Å². The van der Waals surface area contributed by atoms with E-state index in [1.54, 1.807) is 17.5 Å². The number of nitrogens with zero attached hydrogens (tertiary/aromatic N) is 3. The SMILES string of the molecule is CCCNC(Cc1ccc(Cl)s1)c1cnn2ccncc12. The summed E-state index contributed by atoms with van der Waals surface area (Å²) in [5.74, 6) is 0. The molecule has 4 nitrogen and oxygen atoms in total. The summed E-state index contributed by atoms with van der Waals surface area (Å²) in [4.78, 5) is 5.49. The Morgan fingerprint density at radius 3 is 3.05 bits per heavy atom. The maximum Gasteiger partial charge on any atom is 0.0931 e. The van der Waals surface area contributed by atoms with Crippen LogP contribution < -0.4 is 5.32 Å². The highest BCUT2D eigenvalue weighted by Gasteiger charge is 2.17. The first-order valence-corrected chi connectivity index (χ1v) is 8.22. The molecule has 0 aliphatic heterocycles. The second-order valence-corrected chi connectivity index (χ2v) is 6.72. The number of hydrogen-bond acceptors (Lipinski definition) is 4. The fraction of sp³-hybridized carbons (Fsp3) is 0.333. The fourth-order valence-electron chi connectivity index (χ4n) is 2.39. The van der Waals surface area contributed by atoms with Gasteiger partial charge in [-0.05, 0) is 25.1 Å². The van der Waals surface area contributed by atoms with Crippen LogP contribution >= 0.6 is 22.9 Å². The minimum Gasteiger partial charge on any atom is -0.310 e. The third kappa shape index (κ3) is 3.26. The van der Waals surface area contributed by atoms with Gasteiger partial charge < -0.3 is 5.32 Å². The zero-order valence-corrected chi connectivity index (χ0v) is 13.4. The number of aromatic nitrogens is 3. The molecule has 3 heterocycles. The van der Waals surface area contributed by atoms with Crippen LogP contribution in [0.3, 0.4) is 0 Å². The molecule has 0 aliphatic rings. The molecule has 1 atom stereocenters. The van der Waals surface area contributed by atoms with E-state index >= 15 is 0 Å². The van der Waals surface area contributed by atoms with Gasteiger partial charge in [0.05, 0.1) is 22.2 Å². The lowest BCUT2D eigenvalue weighted by Gasteiger charge is -2.17. The molecule has 3 rings (SSSR count). The van der Waals surface area contributed by atoms with E-state index in [0.717, 1.165) is 29.2 Å². The lowest BCUT2D eigenvalue weighted by atomic mass is 10.0. The molecule has 0 bridgehead atoms. The first-order valence-electron chi connectivity index (χ1n) is 7.02. The zero-order valence-electron chi connectivity index (χ0n) is 11.8. The van der Waals surface area contributed by atoms with E-state index in [9.17, 15) is 0 Å². The third-order valence-electron chi connectivity index (χ3n) is 3.40. The Labute approximate surface area is 132 Å². The van der Waals surface area contributed by atoms with Gasteiger partial charge in [0.1, 0.15) is 0 Å². The molecular formula is C15H17ClN4S. The van der Waals surface area contributed by atoms with Crippen molar-refractivity contribution in [2.24, 2.45) is 0 Å². The summed E-state index contributed by atoms with van der Waals surface area (Å²) in [5.41, 5.74) is 2.23. The highest BCUT2D eigenvalue weighted by atomic mass is 35.5. The maximum absolute atomic E-state index is 6.04. The van der Waals surface area contributed by atoms with Crippen LogP contribution in [0.5, 0.6) is 0 Å². The van der Waals surface area contributed by atoms with E-state index < -0.39 is 0 Å². The van der Waals surface area contributed by atoms with E-state index in [2.05, 4.69) is 28.4 Å². The van der Waals surface area contributed by atoms with Gasteiger partial charge in [0.25, 0.3) is 0 Å². The summed E-state index contributed by atoms with van der Waals surface area (Å²) in [6.07, 6.45) is 9.42. The predicted molar refractivity (Wildman–Crippen MR) is 87.1 cm³/mol. The smallest absolute Gasteiger partial charge is 0.0931 e. The van der Waals surface area contributed by atoms with Crippen LogP contribution in [-0.4, -0.2) is 21.1 Å².